The Kier molecular flexibility index (Phi) is 8.20. The number of aliphatic hydroxyl groups is 1. The second-order valence-corrected chi connectivity index (χ2v) is 5.89. The summed E-state index contributed by atoms with van der Waals surface area (Å²) in [6.07, 6.45) is 3.32. The van der Waals surface area contributed by atoms with E-state index in [4.69, 9.17) is 10.8 Å². The summed E-state index contributed by atoms with van der Waals surface area (Å²) < 4.78 is 0. The highest BCUT2D eigenvalue weighted by Gasteiger charge is 2.27. The van der Waals surface area contributed by atoms with Crippen LogP contribution in [0, 0.1) is 11.8 Å². The van der Waals surface area contributed by atoms with Crippen LogP contribution in [0.15, 0.2) is 0 Å². The zero-order valence-electron chi connectivity index (χ0n) is 12.3. The van der Waals surface area contributed by atoms with Crippen molar-refractivity contribution < 1.29 is 9.90 Å². The third-order valence-corrected chi connectivity index (χ3v) is 3.18. The number of nitrogens with one attached hydrogen (secondary N) is 1. The fourth-order valence-corrected chi connectivity index (χ4v) is 2.22. The third kappa shape index (κ3) is 6.97. The molecule has 18 heavy (non-hydrogen) atoms. The number of hydrogen-bond donors (Lipinski definition) is 3. The first-order chi connectivity index (χ1) is 8.33. The molecular weight excluding hydrogens is 228 g/mol. The van der Waals surface area contributed by atoms with Crippen molar-refractivity contribution in [2.75, 3.05) is 13.2 Å². The molecule has 108 valence electrons. The van der Waals surface area contributed by atoms with Crippen LogP contribution >= 0.6 is 0 Å². The van der Waals surface area contributed by atoms with E-state index >= 15 is 0 Å². The fraction of sp³-hybridized carbons (Fsp3) is 0.929. The molecule has 0 aromatic rings. The summed E-state index contributed by atoms with van der Waals surface area (Å²) in [6.45, 7) is 8.86. The number of amides is 1. The van der Waals surface area contributed by atoms with Crippen molar-refractivity contribution in [3.8, 4) is 0 Å². The van der Waals surface area contributed by atoms with Gasteiger partial charge < -0.3 is 16.2 Å². The van der Waals surface area contributed by atoms with Crippen LogP contribution in [-0.4, -0.2) is 29.7 Å². The number of aliphatic hydroxyl groups excluding tert-OH is 1. The van der Waals surface area contributed by atoms with E-state index in [0.29, 0.717) is 24.8 Å². The highest BCUT2D eigenvalue weighted by atomic mass is 16.3. The van der Waals surface area contributed by atoms with Crippen molar-refractivity contribution in [1.29, 1.82) is 0 Å². The number of rotatable bonds is 9. The molecule has 0 heterocycles. The van der Waals surface area contributed by atoms with Crippen LogP contribution in [0.4, 0.5) is 0 Å². The monoisotopic (exact) mass is 258 g/mol. The molecule has 4 N–H and O–H groups in total. The lowest BCUT2D eigenvalue weighted by atomic mass is 9.93. The van der Waals surface area contributed by atoms with Crippen LogP contribution in [0.25, 0.3) is 0 Å². The van der Waals surface area contributed by atoms with Crippen molar-refractivity contribution in [1.82, 2.24) is 5.32 Å². The second-order valence-electron chi connectivity index (χ2n) is 5.89. The molecule has 4 nitrogen and oxygen atoms in total. The van der Waals surface area contributed by atoms with Gasteiger partial charge in [0.15, 0.2) is 0 Å². The van der Waals surface area contributed by atoms with Crippen LogP contribution in [0.3, 0.4) is 0 Å². The molecule has 2 atom stereocenters. The molecule has 0 fully saturated rings. The quantitative estimate of drug-likeness (QED) is 0.589. The molecule has 1 amide bonds. The summed E-state index contributed by atoms with van der Waals surface area (Å²) >= 11 is 0. The summed E-state index contributed by atoms with van der Waals surface area (Å²) in [5.74, 6) is 0.811. The molecule has 0 saturated carbocycles. The molecule has 2 unspecified atom stereocenters. The Morgan fingerprint density at radius 2 is 2.06 bits per heavy atom. The summed E-state index contributed by atoms with van der Waals surface area (Å²) in [6, 6.07) is 0. The van der Waals surface area contributed by atoms with Crippen LogP contribution in [0.2, 0.25) is 0 Å². The molecule has 0 rings (SSSR count). The average Bonchev–Trinajstić information content (AvgIpc) is 2.24. The Hall–Kier alpha value is -0.610. The Labute approximate surface area is 111 Å². The maximum absolute atomic E-state index is 12.0. The van der Waals surface area contributed by atoms with Crippen LogP contribution in [0.5, 0.6) is 0 Å². The van der Waals surface area contributed by atoms with Gasteiger partial charge in [0.1, 0.15) is 0 Å². The van der Waals surface area contributed by atoms with E-state index in [9.17, 15) is 4.79 Å². The summed E-state index contributed by atoms with van der Waals surface area (Å²) in [4.78, 5) is 12.0. The van der Waals surface area contributed by atoms with Gasteiger partial charge in [-0.05, 0) is 38.0 Å². The van der Waals surface area contributed by atoms with E-state index in [-0.39, 0.29) is 12.5 Å². The standard InChI is InChI=1S/C14H30N2O2/c1-5-7-14(4,15)13(18)16-10-12(6-8-17)9-11(2)3/h11-12,17H,5-10,15H2,1-4H3,(H,16,18). The highest BCUT2D eigenvalue weighted by molar-refractivity contribution is 5.85. The normalized spacial score (nSPS) is 16.4. The minimum atomic E-state index is -0.781. The van der Waals surface area contributed by atoms with Gasteiger partial charge in [-0.2, -0.15) is 0 Å². The number of carbonyl (C=O) groups excluding carboxylic acids is 1. The average molecular weight is 258 g/mol. The van der Waals surface area contributed by atoms with E-state index in [2.05, 4.69) is 19.2 Å². The lowest BCUT2D eigenvalue weighted by Gasteiger charge is -2.25. The zero-order chi connectivity index (χ0) is 14.2. The fourth-order valence-electron chi connectivity index (χ4n) is 2.22. The van der Waals surface area contributed by atoms with Crippen molar-refractivity contribution in [3.63, 3.8) is 0 Å². The molecular formula is C14H30N2O2. The molecule has 0 aromatic carbocycles. The van der Waals surface area contributed by atoms with E-state index in [0.717, 1.165) is 19.3 Å². The van der Waals surface area contributed by atoms with Crippen LogP contribution in [-0.2, 0) is 4.79 Å². The predicted octanol–water partition coefficient (Wildman–Crippen LogP) is 1.66. The highest BCUT2D eigenvalue weighted by Crippen LogP contribution is 2.15. The van der Waals surface area contributed by atoms with Crippen LogP contribution in [0.1, 0.15) is 53.4 Å². The Bertz CT molecular complexity index is 240. The van der Waals surface area contributed by atoms with Gasteiger partial charge in [-0.1, -0.05) is 27.2 Å². The molecule has 0 aromatic heterocycles. The van der Waals surface area contributed by atoms with Gasteiger partial charge in [0.25, 0.3) is 0 Å². The number of carbonyl (C=O) groups is 1. The minimum absolute atomic E-state index is 0.0870. The van der Waals surface area contributed by atoms with Gasteiger partial charge in [-0.25, -0.2) is 0 Å². The van der Waals surface area contributed by atoms with Gasteiger partial charge >= 0.3 is 0 Å². The first kappa shape index (κ1) is 17.4. The van der Waals surface area contributed by atoms with E-state index in [1.165, 1.54) is 0 Å². The largest absolute Gasteiger partial charge is 0.396 e. The number of nitrogens with two attached hydrogens (primary N) is 1. The van der Waals surface area contributed by atoms with Gasteiger partial charge in [0.2, 0.25) is 5.91 Å². The SMILES string of the molecule is CCCC(C)(N)C(=O)NCC(CCO)CC(C)C. The molecule has 0 aliphatic carbocycles. The molecule has 0 aliphatic heterocycles. The van der Waals surface area contributed by atoms with E-state index < -0.39 is 5.54 Å². The van der Waals surface area contributed by atoms with Crippen molar-refractivity contribution in [2.45, 2.75) is 58.9 Å². The zero-order valence-corrected chi connectivity index (χ0v) is 12.3. The Balaban J connectivity index is 4.21. The van der Waals surface area contributed by atoms with Gasteiger partial charge in [-0.15, -0.1) is 0 Å². The van der Waals surface area contributed by atoms with E-state index in [1.54, 1.807) is 6.92 Å². The number of hydrogen-bond acceptors (Lipinski definition) is 3. The Morgan fingerprint density at radius 3 is 2.50 bits per heavy atom. The van der Waals surface area contributed by atoms with Gasteiger partial charge in [0, 0.05) is 13.2 Å². The van der Waals surface area contributed by atoms with E-state index in [1.807, 2.05) is 6.92 Å². The molecule has 0 radical (unpaired) electrons. The molecule has 0 aliphatic rings. The minimum Gasteiger partial charge on any atom is -0.396 e. The topological polar surface area (TPSA) is 75.4 Å². The first-order valence-corrected chi connectivity index (χ1v) is 7.01. The molecule has 0 bridgehead atoms. The van der Waals surface area contributed by atoms with Crippen LogP contribution < -0.4 is 11.1 Å². The maximum atomic E-state index is 12.0. The predicted molar refractivity (Wildman–Crippen MR) is 75.2 cm³/mol. The van der Waals surface area contributed by atoms with Gasteiger partial charge in [0.05, 0.1) is 5.54 Å². The van der Waals surface area contributed by atoms with Crippen molar-refractivity contribution >= 4 is 5.91 Å². The molecule has 4 heteroatoms. The Morgan fingerprint density at radius 1 is 1.44 bits per heavy atom. The maximum Gasteiger partial charge on any atom is 0.239 e. The molecule has 0 saturated heterocycles. The summed E-state index contributed by atoms with van der Waals surface area (Å²) in [5, 5.41) is 11.9. The first-order valence-electron chi connectivity index (χ1n) is 7.01. The summed E-state index contributed by atoms with van der Waals surface area (Å²) in [5.41, 5.74) is 5.19. The lowest BCUT2D eigenvalue weighted by Crippen LogP contribution is -2.52. The smallest absolute Gasteiger partial charge is 0.239 e. The third-order valence-electron chi connectivity index (χ3n) is 3.18. The second kappa shape index (κ2) is 8.48. The lowest BCUT2D eigenvalue weighted by molar-refractivity contribution is -0.126. The summed E-state index contributed by atoms with van der Waals surface area (Å²) in [7, 11) is 0. The molecule has 0 spiro atoms. The van der Waals surface area contributed by atoms with Gasteiger partial charge in [-0.3, -0.25) is 4.79 Å². The van der Waals surface area contributed by atoms with Crippen molar-refractivity contribution in [2.24, 2.45) is 17.6 Å². The van der Waals surface area contributed by atoms with Crippen molar-refractivity contribution in [3.05, 3.63) is 0 Å².